The van der Waals surface area contributed by atoms with Gasteiger partial charge in [0.15, 0.2) is 9.84 Å². The maximum Gasteiger partial charge on any atom is 0.250 e. The zero-order valence-corrected chi connectivity index (χ0v) is 41.5. The highest BCUT2D eigenvalue weighted by Crippen LogP contribution is 2.50. The van der Waals surface area contributed by atoms with Crippen LogP contribution in [0.25, 0.3) is 0 Å². The van der Waals surface area contributed by atoms with E-state index in [2.05, 4.69) is 10.6 Å². The molecule has 6 unspecified atom stereocenters. The van der Waals surface area contributed by atoms with Crippen molar-refractivity contribution in [1.29, 1.82) is 0 Å². The number of anilines is 3. The van der Waals surface area contributed by atoms with Gasteiger partial charge >= 0.3 is 0 Å². The quantitative estimate of drug-likeness (QED) is 0.0390. The molecule has 0 radical (unpaired) electrons. The van der Waals surface area contributed by atoms with Crippen molar-refractivity contribution in [2.24, 2.45) is 11.3 Å². The first-order valence-electron chi connectivity index (χ1n) is 24.2. The van der Waals surface area contributed by atoms with Crippen LogP contribution >= 0.6 is 0 Å². The van der Waals surface area contributed by atoms with Crippen LogP contribution in [0.3, 0.4) is 0 Å². The lowest BCUT2D eigenvalue weighted by Gasteiger charge is -2.48. The van der Waals surface area contributed by atoms with Gasteiger partial charge in [0.25, 0.3) is 0 Å². The number of carbonyl (C=O) groups is 3. The lowest BCUT2D eigenvalue weighted by Crippen LogP contribution is -2.55. The maximum absolute atomic E-state index is 14.0. The van der Waals surface area contributed by atoms with E-state index in [0.717, 1.165) is 29.7 Å². The molecular formula is C55H64F2N4O9S. The number of sulfone groups is 1. The fourth-order valence-corrected chi connectivity index (χ4v) is 12.1. The number of halogens is 2. The summed E-state index contributed by atoms with van der Waals surface area (Å²) < 4.78 is 66.5. The number of unbranched alkanes of at least 4 members (excludes halogenated alkanes) is 1. The highest BCUT2D eigenvalue weighted by atomic mass is 32.2. The van der Waals surface area contributed by atoms with Crippen molar-refractivity contribution in [2.75, 3.05) is 61.4 Å². The number of amides is 3. The molecule has 5 aromatic rings. The van der Waals surface area contributed by atoms with Crippen molar-refractivity contribution in [3.63, 3.8) is 0 Å². The number of aliphatic hydroxyl groups excluding tert-OH is 2. The highest BCUT2D eigenvalue weighted by molar-refractivity contribution is 7.91. The van der Waals surface area contributed by atoms with Gasteiger partial charge in [-0.25, -0.2) is 17.2 Å². The Balaban J connectivity index is 0.904. The fourth-order valence-electron chi connectivity index (χ4n) is 9.89. The van der Waals surface area contributed by atoms with E-state index in [0.29, 0.717) is 47.3 Å². The van der Waals surface area contributed by atoms with Crippen LogP contribution in [-0.2, 0) is 40.2 Å². The second-order valence-corrected chi connectivity index (χ2v) is 20.8. The Labute approximate surface area is 415 Å². The minimum absolute atomic E-state index is 0.0279. The van der Waals surface area contributed by atoms with Gasteiger partial charge in [-0.3, -0.25) is 14.4 Å². The molecule has 2 heterocycles. The first-order valence-corrected chi connectivity index (χ1v) is 25.8. The van der Waals surface area contributed by atoms with Gasteiger partial charge in [-0.1, -0.05) is 75.2 Å². The van der Waals surface area contributed by atoms with Crippen LogP contribution in [0.15, 0.2) is 120 Å². The normalized spacial score (nSPS) is 20.8. The molecule has 7 rings (SSSR count). The van der Waals surface area contributed by atoms with Crippen molar-refractivity contribution in [2.45, 2.75) is 88.0 Å². The zero-order valence-electron chi connectivity index (χ0n) is 40.7. The number of benzene rings is 5. The minimum atomic E-state index is -3.76. The second kappa shape index (κ2) is 23.5. The molecule has 378 valence electrons. The van der Waals surface area contributed by atoms with Gasteiger partial charge in [-0.05, 0) is 120 Å². The summed E-state index contributed by atoms with van der Waals surface area (Å²) in [7, 11) is -0.0108. The predicted molar refractivity (Wildman–Crippen MR) is 269 cm³/mol. The minimum Gasteiger partial charge on any atom is -0.392 e. The summed E-state index contributed by atoms with van der Waals surface area (Å²) in [4.78, 5) is 43.2. The third-order valence-electron chi connectivity index (χ3n) is 13.8. The van der Waals surface area contributed by atoms with E-state index < -0.39 is 62.9 Å². The lowest BCUT2D eigenvalue weighted by molar-refractivity contribution is -0.131. The molecule has 13 nitrogen and oxygen atoms in total. The lowest BCUT2D eigenvalue weighted by atomic mass is 9.69. The molecule has 1 fully saturated rings. The average molecular weight is 995 g/mol. The number of aliphatic hydroxyl groups is 2. The van der Waals surface area contributed by atoms with Crippen molar-refractivity contribution in [3.8, 4) is 0 Å². The van der Waals surface area contributed by atoms with E-state index in [1.165, 1.54) is 36.4 Å². The first kappa shape index (κ1) is 52.8. The molecule has 0 saturated carbocycles. The van der Waals surface area contributed by atoms with Crippen LogP contribution in [0, 0.1) is 23.0 Å². The fraction of sp³-hybridized carbons (Fsp3) is 0.400. The van der Waals surface area contributed by atoms with Crippen LogP contribution in [-0.4, -0.2) is 88.7 Å². The monoisotopic (exact) mass is 994 g/mol. The molecule has 4 N–H and O–H groups in total. The third-order valence-corrected chi connectivity index (χ3v) is 15.8. The number of nitrogens with zero attached hydrogens (tertiary/aromatic N) is 2. The molecule has 0 aliphatic carbocycles. The average Bonchev–Trinajstić information content (AvgIpc) is 3.42. The van der Waals surface area contributed by atoms with Gasteiger partial charge in [-0.15, -0.1) is 0 Å². The van der Waals surface area contributed by atoms with Gasteiger partial charge in [0.05, 0.1) is 48.0 Å². The summed E-state index contributed by atoms with van der Waals surface area (Å²) in [5, 5.41) is 28.9. The number of hydrogen-bond acceptors (Lipinski definition) is 10. The molecule has 2 aliphatic heterocycles. The Bertz CT molecular complexity index is 2760. The summed E-state index contributed by atoms with van der Waals surface area (Å²) >= 11 is 0. The second-order valence-electron chi connectivity index (χ2n) is 18.8. The highest BCUT2D eigenvalue weighted by Gasteiger charge is 2.50. The summed E-state index contributed by atoms with van der Waals surface area (Å²) in [6.45, 7) is 3.65. The number of hydrogen-bond donors (Lipinski definition) is 4. The summed E-state index contributed by atoms with van der Waals surface area (Å²) in [6, 6.07) is 30.7. The van der Waals surface area contributed by atoms with Crippen molar-refractivity contribution in [3.05, 3.63) is 155 Å². The molecule has 6 atom stereocenters. The SMILES string of the molecule is CCCCC1(CC)CS(=O)(=O)c2ccc(N(C)C)cc2C(c2cccc(NC(=O)COCCOCC(=O)NCc3cccc(C4C(CCC(O)c5ccc(F)cc5)C(=O)N4c4ccc(F)cc4)c3)c2)C1O. The smallest absolute Gasteiger partial charge is 0.250 e. The Kier molecular flexibility index (Phi) is 17.4. The molecule has 0 spiro atoms. The molecule has 16 heteroatoms. The predicted octanol–water partition coefficient (Wildman–Crippen LogP) is 8.40. The summed E-state index contributed by atoms with van der Waals surface area (Å²) in [5.41, 5.74) is 4.20. The number of β-lactam (4-membered cyclic amide) rings is 1. The summed E-state index contributed by atoms with van der Waals surface area (Å²) in [5.74, 6) is -3.17. The molecule has 71 heavy (non-hydrogen) atoms. The van der Waals surface area contributed by atoms with Gasteiger partial charge in [0, 0.05) is 49.0 Å². The topological polar surface area (TPSA) is 175 Å². The Morgan fingerprint density at radius 2 is 1.52 bits per heavy atom. The maximum atomic E-state index is 14.0. The van der Waals surface area contributed by atoms with Crippen LogP contribution < -0.4 is 20.4 Å². The van der Waals surface area contributed by atoms with Crippen LogP contribution in [0.5, 0.6) is 0 Å². The van der Waals surface area contributed by atoms with Gasteiger partial charge in [0.2, 0.25) is 17.7 Å². The number of fused-ring (bicyclic) bond motifs is 1. The first-order chi connectivity index (χ1) is 34.0. The molecule has 0 aromatic heterocycles. The van der Waals surface area contributed by atoms with Gasteiger partial charge in [0.1, 0.15) is 24.8 Å². The van der Waals surface area contributed by atoms with Crippen LogP contribution in [0.1, 0.15) is 98.3 Å². The molecule has 2 aliphatic rings. The standard InChI is InChI=1S/C55H64F2N4O9S/c1-5-7-26-55(6-2)35-71(67,68)48-25-22-44(60(3)4)31-46(48)51(53(55)65)38-11-9-13-42(30-38)59-50(64)34-70-28-27-69-33-49(63)58-32-36-10-8-12-39(29-36)52-45(23-24-47(62)37-14-16-40(56)17-15-37)54(66)61(52)43-20-18-41(57)19-21-43/h8-22,25,29-31,45,47,51-53,62,65H,5-7,23-24,26-28,32-35H2,1-4H3,(H,58,63)(H,59,64). The summed E-state index contributed by atoms with van der Waals surface area (Å²) in [6.07, 6.45) is 1.32. The van der Waals surface area contributed by atoms with Crippen LogP contribution in [0.2, 0.25) is 0 Å². The van der Waals surface area contributed by atoms with E-state index in [1.54, 1.807) is 47.4 Å². The number of ether oxygens (including phenoxy) is 2. The van der Waals surface area contributed by atoms with Crippen LogP contribution in [0.4, 0.5) is 25.8 Å². The third kappa shape index (κ3) is 12.5. The molecule has 1 saturated heterocycles. The molecular weight excluding hydrogens is 931 g/mol. The van der Waals surface area contributed by atoms with E-state index in [1.807, 2.05) is 69.2 Å². The number of nitrogens with one attached hydrogen (secondary N) is 2. The molecule has 3 amide bonds. The Morgan fingerprint density at radius 3 is 2.20 bits per heavy atom. The van der Waals surface area contributed by atoms with E-state index in [9.17, 15) is 41.8 Å². The van der Waals surface area contributed by atoms with E-state index in [-0.39, 0.29) is 61.9 Å². The van der Waals surface area contributed by atoms with E-state index in [4.69, 9.17) is 9.47 Å². The molecule has 0 bridgehead atoms. The zero-order chi connectivity index (χ0) is 50.9. The van der Waals surface area contributed by atoms with Crippen molar-refractivity contribution < 1.29 is 51.3 Å². The van der Waals surface area contributed by atoms with E-state index >= 15 is 0 Å². The Morgan fingerprint density at radius 1 is 0.859 bits per heavy atom. The Hall–Kier alpha value is -6.04. The van der Waals surface area contributed by atoms with Gasteiger partial charge in [-0.2, -0.15) is 0 Å². The van der Waals surface area contributed by atoms with Gasteiger partial charge < -0.3 is 40.1 Å². The number of carbonyl (C=O) groups excluding carboxylic acids is 3. The molecule has 5 aromatic carbocycles. The van der Waals surface area contributed by atoms with Crippen molar-refractivity contribution >= 4 is 44.6 Å². The number of rotatable bonds is 22. The largest absolute Gasteiger partial charge is 0.392 e. The van der Waals surface area contributed by atoms with Crippen molar-refractivity contribution in [1.82, 2.24) is 5.32 Å².